The molecule has 21 heavy (non-hydrogen) atoms. The van der Waals surface area contributed by atoms with Gasteiger partial charge in [-0.25, -0.2) is 20.8 Å². The number of anilines is 2. The summed E-state index contributed by atoms with van der Waals surface area (Å²) in [6.45, 7) is 7.07. The summed E-state index contributed by atoms with van der Waals surface area (Å²) in [4.78, 5) is 12.9. The third-order valence-corrected chi connectivity index (χ3v) is 2.85. The fraction of sp³-hybridized carbons (Fsp3) is 0.462. The number of oxazole rings is 1. The van der Waals surface area contributed by atoms with Crippen LogP contribution in [0.4, 0.5) is 11.6 Å². The Labute approximate surface area is 123 Å². The first kappa shape index (κ1) is 15.2. The van der Waals surface area contributed by atoms with Crippen molar-refractivity contribution in [2.75, 3.05) is 17.3 Å². The number of hydrazine groups is 1. The number of hydrogen-bond acceptors (Lipinski definition) is 8. The van der Waals surface area contributed by atoms with Crippen molar-refractivity contribution in [1.82, 2.24) is 15.0 Å². The van der Waals surface area contributed by atoms with Crippen LogP contribution in [0.3, 0.4) is 0 Å². The van der Waals surface area contributed by atoms with Gasteiger partial charge >= 0.3 is 0 Å². The minimum atomic E-state index is 0.331. The lowest BCUT2D eigenvalue weighted by Crippen LogP contribution is -2.13. The Balaban J connectivity index is 2.07. The molecule has 0 amide bonds. The van der Waals surface area contributed by atoms with E-state index in [2.05, 4.69) is 25.7 Å². The molecule has 0 aromatic carbocycles. The van der Waals surface area contributed by atoms with Crippen LogP contribution < -0.4 is 16.6 Å². The molecule has 0 radical (unpaired) electrons. The molecule has 0 aliphatic carbocycles. The van der Waals surface area contributed by atoms with Gasteiger partial charge in [0.05, 0.1) is 12.2 Å². The van der Waals surface area contributed by atoms with E-state index >= 15 is 0 Å². The molecule has 4 N–H and O–H groups in total. The summed E-state index contributed by atoms with van der Waals surface area (Å²) in [5, 5.41) is 3.13. The fourth-order valence-corrected chi connectivity index (χ4v) is 1.70. The number of nitrogens with one attached hydrogen (secondary N) is 2. The maximum absolute atomic E-state index is 5.51. The molecule has 2 rings (SSSR count). The van der Waals surface area contributed by atoms with Gasteiger partial charge < -0.3 is 19.9 Å². The molecular weight excluding hydrogens is 272 g/mol. The average Bonchev–Trinajstić information content (AvgIpc) is 2.81. The van der Waals surface area contributed by atoms with Crippen molar-refractivity contribution in [3.63, 3.8) is 0 Å². The van der Waals surface area contributed by atoms with E-state index < -0.39 is 0 Å². The van der Waals surface area contributed by atoms with Gasteiger partial charge in [0.1, 0.15) is 24.0 Å². The zero-order valence-electron chi connectivity index (χ0n) is 12.4. The summed E-state index contributed by atoms with van der Waals surface area (Å²) in [5.41, 5.74) is 3.39. The van der Waals surface area contributed by atoms with Gasteiger partial charge in [-0.15, -0.1) is 0 Å². The maximum Gasteiger partial charge on any atom is 0.213 e. The molecule has 8 heteroatoms. The van der Waals surface area contributed by atoms with Crippen molar-refractivity contribution in [1.29, 1.82) is 0 Å². The van der Waals surface area contributed by atoms with Crippen LogP contribution in [0.25, 0.3) is 0 Å². The molecule has 2 aromatic heterocycles. The third-order valence-electron chi connectivity index (χ3n) is 2.85. The van der Waals surface area contributed by atoms with E-state index in [-0.39, 0.29) is 0 Å². The van der Waals surface area contributed by atoms with Gasteiger partial charge in [0.2, 0.25) is 5.89 Å². The van der Waals surface area contributed by atoms with E-state index in [1.54, 1.807) is 6.07 Å². The second-order valence-corrected chi connectivity index (χ2v) is 4.44. The molecule has 114 valence electrons. The van der Waals surface area contributed by atoms with Crippen LogP contribution in [0.2, 0.25) is 0 Å². The van der Waals surface area contributed by atoms with Gasteiger partial charge in [0.15, 0.2) is 5.82 Å². The zero-order valence-corrected chi connectivity index (χ0v) is 12.4. The number of hydrogen-bond donors (Lipinski definition) is 3. The quantitative estimate of drug-likeness (QED) is 0.520. The Bertz CT molecular complexity index is 579. The summed E-state index contributed by atoms with van der Waals surface area (Å²) in [6.07, 6.45) is 0. The Morgan fingerprint density at radius 2 is 2.00 bits per heavy atom. The average molecular weight is 292 g/mol. The highest BCUT2D eigenvalue weighted by atomic mass is 16.5. The number of nitrogens with zero attached hydrogens (tertiary/aromatic N) is 3. The molecule has 0 bridgehead atoms. The fourth-order valence-electron chi connectivity index (χ4n) is 1.70. The minimum absolute atomic E-state index is 0.331. The second kappa shape index (κ2) is 7.00. The Morgan fingerprint density at radius 3 is 2.62 bits per heavy atom. The number of nitrogen functional groups attached to an aromatic ring is 1. The first-order chi connectivity index (χ1) is 10.1. The number of rotatable bonds is 7. The Morgan fingerprint density at radius 1 is 1.24 bits per heavy atom. The predicted molar refractivity (Wildman–Crippen MR) is 78.5 cm³/mol. The van der Waals surface area contributed by atoms with Crippen LogP contribution in [0.5, 0.6) is 0 Å². The molecule has 0 atom stereocenters. The molecule has 0 unspecified atom stereocenters. The number of aryl methyl sites for hydroxylation is 2. The lowest BCUT2D eigenvalue weighted by atomic mass is 10.4. The molecule has 2 aromatic rings. The molecule has 0 aliphatic rings. The van der Waals surface area contributed by atoms with E-state index in [0.29, 0.717) is 43.1 Å². The number of aromatic nitrogens is 3. The highest BCUT2D eigenvalue weighted by Crippen LogP contribution is 2.14. The summed E-state index contributed by atoms with van der Waals surface area (Å²) in [5.74, 6) is 8.52. The molecule has 8 nitrogen and oxygen atoms in total. The highest BCUT2D eigenvalue weighted by molar-refractivity contribution is 5.46. The Hall–Kier alpha value is -2.19. The van der Waals surface area contributed by atoms with Crippen LogP contribution in [0.15, 0.2) is 10.5 Å². The monoisotopic (exact) mass is 292 g/mol. The standard InChI is InChI=1S/C13H20N6O2/c1-4-20-7-12-17-10(5-11(18-12)19-14)15-6-13-16-8(2)9(3)21-13/h5H,4,6-7,14H2,1-3H3,(H2,15,17,18,19). The van der Waals surface area contributed by atoms with Gasteiger partial charge in [-0.05, 0) is 20.8 Å². The van der Waals surface area contributed by atoms with Crippen molar-refractivity contribution >= 4 is 11.6 Å². The first-order valence-electron chi connectivity index (χ1n) is 6.71. The third kappa shape index (κ3) is 4.14. The normalized spacial score (nSPS) is 10.7. The SMILES string of the molecule is CCOCc1nc(NN)cc(NCc2nc(C)c(C)o2)n1. The lowest BCUT2D eigenvalue weighted by molar-refractivity contribution is 0.128. The van der Waals surface area contributed by atoms with Crippen molar-refractivity contribution in [3.8, 4) is 0 Å². The van der Waals surface area contributed by atoms with Crippen LogP contribution >= 0.6 is 0 Å². The maximum atomic E-state index is 5.51. The smallest absolute Gasteiger partial charge is 0.213 e. The van der Waals surface area contributed by atoms with Crippen LogP contribution in [-0.4, -0.2) is 21.6 Å². The lowest BCUT2D eigenvalue weighted by Gasteiger charge is -2.08. The van der Waals surface area contributed by atoms with E-state index in [4.69, 9.17) is 15.0 Å². The molecule has 0 aliphatic heterocycles. The largest absolute Gasteiger partial charge is 0.444 e. The molecule has 0 fully saturated rings. The van der Waals surface area contributed by atoms with Gasteiger partial charge in [-0.1, -0.05) is 0 Å². The van der Waals surface area contributed by atoms with Crippen molar-refractivity contribution in [3.05, 3.63) is 29.2 Å². The highest BCUT2D eigenvalue weighted by Gasteiger charge is 2.08. The van der Waals surface area contributed by atoms with E-state index in [0.717, 1.165) is 11.5 Å². The molecule has 2 heterocycles. The minimum Gasteiger partial charge on any atom is -0.444 e. The van der Waals surface area contributed by atoms with Crippen molar-refractivity contribution in [2.24, 2.45) is 5.84 Å². The van der Waals surface area contributed by atoms with Gasteiger partial charge in [-0.3, -0.25) is 0 Å². The van der Waals surface area contributed by atoms with E-state index in [1.807, 2.05) is 20.8 Å². The summed E-state index contributed by atoms with van der Waals surface area (Å²) in [6, 6.07) is 1.71. The van der Waals surface area contributed by atoms with Crippen molar-refractivity contribution < 1.29 is 9.15 Å². The molecule has 0 spiro atoms. The van der Waals surface area contributed by atoms with Crippen LogP contribution in [0, 0.1) is 13.8 Å². The van der Waals surface area contributed by atoms with E-state index in [1.165, 1.54) is 0 Å². The van der Waals surface area contributed by atoms with Crippen LogP contribution in [-0.2, 0) is 17.9 Å². The van der Waals surface area contributed by atoms with Gasteiger partial charge in [-0.2, -0.15) is 0 Å². The number of ether oxygens (including phenoxy) is 1. The number of nitrogens with two attached hydrogens (primary N) is 1. The topological polar surface area (TPSA) is 111 Å². The Kier molecular flexibility index (Phi) is 5.07. The van der Waals surface area contributed by atoms with E-state index in [9.17, 15) is 0 Å². The molecule has 0 saturated carbocycles. The zero-order chi connectivity index (χ0) is 15.2. The van der Waals surface area contributed by atoms with Crippen molar-refractivity contribution in [2.45, 2.75) is 33.9 Å². The molecule has 0 saturated heterocycles. The summed E-state index contributed by atoms with van der Waals surface area (Å²) < 4.78 is 10.8. The van der Waals surface area contributed by atoms with Gasteiger partial charge in [0.25, 0.3) is 0 Å². The summed E-state index contributed by atoms with van der Waals surface area (Å²) >= 11 is 0. The second-order valence-electron chi connectivity index (χ2n) is 4.44. The predicted octanol–water partition coefficient (Wildman–Crippen LogP) is 1.52. The van der Waals surface area contributed by atoms with Gasteiger partial charge in [0, 0.05) is 12.7 Å². The molecular formula is C13H20N6O2. The first-order valence-corrected chi connectivity index (χ1v) is 6.71. The summed E-state index contributed by atoms with van der Waals surface area (Å²) in [7, 11) is 0. The van der Waals surface area contributed by atoms with Crippen LogP contribution in [0.1, 0.15) is 30.1 Å².